The Kier molecular flexibility index (Phi) is 4.13. The minimum Gasteiger partial charge on any atom is -0.390 e. The second-order valence-corrected chi connectivity index (χ2v) is 6.90. The molecule has 1 amide bonds. The van der Waals surface area contributed by atoms with Crippen molar-refractivity contribution in [3.63, 3.8) is 0 Å². The number of ether oxygens (including phenoxy) is 1. The average Bonchev–Trinajstić information content (AvgIpc) is 2.54. The van der Waals surface area contributed by atoms with Crippen molar-refractivity contribution >= 4 is 5.91 Å². The lowest BCUT2D eigenvalue weighted by atomic mass is 9.78. The van der Waals surface area contributed by atoms with Crippen molar-refractivity contribution in [1.29, 1.82) is 5.26 Å². The summed E-state index contributed by atoms with van der Waals surface area (Å²) in [5.41, 5.74) is -0.123. The van der Waals surface area contributed by atoms with E-state index < -0.39 is 5.60 Å². The molecule has 0 bridgehead atoms. The van der Waals surface area contributed by atoms with Crippen LogP contribution in [-0.4, -0.2) is 46.8 Å². The number of amides is 1. The summed E-state index contributed by atoms with van der Waals surface area (Å²) in [7, 11) is 0. The molecule has 2 saturated heterocycles. The fraction of sp³-hybridized carbons (Fsp3) is 0.556. The summed E-state index contributed by atoms with van der Waals surface area (Å²) in [5, 5.41) is 19.5. The van der Waals surface area contributed by atoms with Gasteiger partial charge in [0, 0.05) is 19.5 Å². The maximum absolute atomic E-state index is 12.7. The average molecular weight is 314 g/mol. The number of benzene rings is 1. The summed E-state index contributed by atoms with van der Waals surface area (Å²) < 4.78 is 5.97. The first-order chi connectivity index (χ1) is 10.9. The van der Waals surface area contributed by atoms with Crippen LogP contribution in [0.4, 0.5) is 0 Å². The molecule has 122 valence electrons. The number of piperidine rings is 1. The third-order valence-corrected chi connectivity index (χ3v) is 4.99. The van der Waals surface area contributed by atoms with Crippen molar-refractivity contribution in [2.24, 2.45) is 0 Å². The zero-order valence-corrected chi connectivity index (χ0v) is 13.4. The van der Waals surface area contributed by atoms with Crippen molar-refractivity contribution in [1.82, 2.24) is 4.90 Å². The summed E-state index contributed by atoms with van der Waals surface area (Å²) in [6.45, 7) is 3.61. The third kappa shape index (κ3) is 3.24. The summed E-state index contributed by atoms with van der Waals surface area (Å²) in [6, 6.07) is 8.99. The summed E-state index contributed by atoms with van der Waals surface area (Å²) in [6.07, 6.45) is 2.73. The SMILES string of the molecule is CC1(O)CCOC2(CCN(C(=O)c3ccccc3C#N)CC2)C1. The molecule has 0 saturated carbocycles. The fourth-order valence-corrected chi connectivity index (χ4v) is 3.70. The molecule has 1 unspecified atom stereocenters. The number of aliphatic hydroxyl groups is 1. The van der Waals surface area contributed by atoms with Gasteiger partial charge in [0.05, 0.1) is 35.0 Å². The molecule has 0 radical (unpaired) electrons. The molecular formula is C18H22N2O3. The van der Waals surface area contributed by atoms with Crippen LogP contribution in [0, 0.1) is 11.3 Å². The van der Waals surface area contributed by atoms with Gasteiger partial charge in [-0.2, -0.15) is 5.26 Å². The Morgan fingerprint density at radius 2 is 2.00 bits per heavy atom. The Morgan fingerprint density at radius 1 is 1.30 bits per heavy atom. The number of hydrogen-bond donors (Lipinski definition) is 1. The molecule has 1 atom stereocenters. The molecule has 1 aromatic carbocycles. The molecule has 23 heavy (non-hydrogen) atoms. The second kappa shape index (κ2) is 5.95. The van der Waals surface area contributed by atoms with E-state index in [1.807, 2.05) is 6.92 Å². The first kappa shape index (κ1) is 16.0. The first-order valence-electron chi connectivity index (χ1n) is 8.10. The van der Waals surface area contributed by atoms with Crippen LogP contribution in [0.15, 0.2) is 24.3 Å². The van der Waals surface area contributed by atoms with E-state index in [0.29, 0.717) is 43.7 Å². The monoisotopic (exact) mass is 314 g/mol. The van der Waals surface area contributed by atoms with Crippen LogP contribution in [0.25, 0.3) is 0 Å². The van der Waals surface area contributed by atoms with Gasteiger partial charge in [0.1, 0.15) is 0 Å². The maximum Gasteiger partial charge on any atom is 0.255 e. The quantitative estimate of drug-likeness (QED) is 0.861. The van der Waals surface area contributed by atoms with Gasteiger partial charge >= 0.3 is 0 Å². The molecule has 2 aliphatic rings. The Bertz CT molecular complexity index is 640. The third-order valence-electron chi connectivity index (χ3n) is 4.99. The van der Waals surface area contributed by atoms with Crippen molar-refractivity contribution < 1.29 is 14.6 Å². The molecule has 2 aliphatic heterocycles. The van der Waals surface area contributed by atoms with Crippen LogP contribution < -0.4 is 0 Å². The Morgan fingerprint density at radius 3 is 2.65 bits per heavy atom. The van der Waals surface area contributed by atoms with E-state index in [1.165, 1.54) is 0 Å². The molecule has 1 aromatic rings. The van der Waals surface area contributed by atoms with E-state index in [-0.39, 0.29) is 11.5 Å². The highest BCUT2D eigenvalue weighted by Crippen LogP contribution is 2.39. The van der Waals surface area contributed by atoms with Crippen LogP contribution >= 0.6 is 0 Å². The summed E-state index contributed by atoms with van der Waals surface area (Å²) in [4.78, 5) is 14.4. The highest BCUT2D eigenvalue weighted by atomic mass is 16.5. The largest absolute Gasteiger partial charge is 0.390 e. The van der Waals surface area contributed by atoms with Gasteiger partial charge < -0.3 is 14.7 Å². The van der Waals surface area contributed by atoms with Crippen LogP contribution in [0.1, 0.15) is 48.5 Å². The Hall–Kier alpha value is -1.90. The number of carbonyl (C=O) groups is 1. The Labute approximate surface area is 136 Å². The van der Waals surface area contributed by atoms with Gasteiger partial charge in [0.25, 0.3) is 5.91 Å². The lowest BCUT2D eigenvalue weighted by Crippen LogP contribution is -2.54. The lowest BCUT2D eigenvalue weighted by molar-refractivity contribution is -0.170. The smallest absolute Gasteiger partial charge is 0.255 e. The molecular weight excluding hydrogens is 292 g/mol. The van der Waals surface area contributed by atoms with Gasteiger partial charge in [0.2, 0.25) is 0 Å². The van der Waals surface area contributed by atoms with Crippen molar-refractivity contribution in [2.75, 3.05) is 19.7 Å². The van der Waals surface area contributed by atoms with Crippen molar-refractivity contribution in [3.05, 3.63) is 35.4 Å². The van der Waals surface area contributed by atoms with Gasteiger partial charge in [-0.15, -0.1) is 0 Å². The van der Waals surface area contributed by atoms with Gasteiger partial charge in [0.15, 0.2) is 0 Å². The molecule has 5 heteroatoms. The minimum absolute atomic E-state index is 0.0976. The molecule has 0 aliphatic carbocycles. The predicted molar refractivity (Wildman–Crippen MR) is 84.8 cm³/mol. The van der Waals surface area contributed by atoms with E-state index in [4.69, 9.17) is 10.00 Å². The molecule has 0 aromatic heterocycles. The summed E-state index contributed by atoms with van der Waals surface area (Å²) >= 11 is 0. The number of carbonyl (C=O) groups excluding carboxylic acids is 1. The number of rotatable bonds is 1. The molecule has 1 spiro atoms. The lowest BCUT2D eigenvalue weighted by Gasteiger charge is -2.48. The molecule has 2 heterocycles. The van der Waals surface area contributed by atoms with Gasteiger partial charge in [-0.05, 0) is 38.3 Å². The van der Waals surface area contributed by atoms with Crippen LogP contribution in [0.2, 0.25) is 0 Å². The fourth-order valence-electron chi connectivity index (χ4n) is 3.70. The van der Waals surface area contributed by atoms with Crippen molar-refractivity contribution in [2.45, 2.75) is 43.8 Å². The van der Waals surface area contributed by atoms with Gasteiger partial charge in [-0.25, -0.2) is 0 Å². The second-order valence-electron chi connectivity index (χ2n) is 6.90. The maximum atomic E-state index is 12.7. The van der Waals surface area contributed by atoms with E-state index >= 15 is 0 Å². The zero-order valence-electron chi connectivity index (χ0n) is 13.4. The van der Waals surface area contributed by atoms with Crippen LogP contribution in [0.5, 0.6) is 0 Å². The number of nitrogens with zero attached hydrogens (tertiary/aromatic N) is 2. The van der Waals surface area contributed by atoms with Crippen molar-refractivity contribution in [3.8, 4) is 6.07 Å². The van der Waals surface area contributed by atoms with E-state index in [9.17, 15) is 9.90 Å². The molecule has 1 N–H and O–H groups in total. The number of nitriles is 1. The van der Waals surface area contributed by atoms with E-state index in [0.717, 1.165) is 12.8 Å². The normalized spacial score (nSPS) is 26.7. The Balaban J connectivity index is 1.70. The molecule has 2 fully saturated rings. The topological polar surface area (TPSA) is 73.6 Å². The van der Waals surface area contributed by atoms with Crippen LogP contribution in [0.3, 0.4) is 0 Å². The minimum atomic E-state index is -0.683. The first-order valence-corrected chi connectivity index (χ1v) is 8.10. The highest BCUT2D eigenvalue weighted by Gasteiger charge is 2.45. The number of hydrogen-bond acceptors (Lipinski definition) is 4. The predicted octanol–water partition coefficient (Wildman–Crippen LogP) is 2.09. The number of likely N-dealkylation sites (tertiary alicyclic amines) is 1. The van der Waals surface area contributed by atoms with Crippen LogP contribution in [-0.2, 0) is 4.74 Å². The van der Waals surface area contributed by atoms with E-state index in [1.54, 1.807) is 29.2 Å². The molecule has 5 nitrogen and oxygen atoms in total. The molecule has 3 rings (SSSR count). The summed E-state index contributed by atoms with van der Waals surface area (Å²) in [5.74, 6) is -0.0976. The van der Waals surface area contributed by atoms with E-state index in [2.05, 4.69) is 6.07 Å². The standard InChI is InChI=1S/C18H22N2O3/c1-17(22)8-11-23-18(13-17)6-9-20(10-7-18)16(21)15-5-3-2-4-14(15)12-19/h2-5,22H,6-11,13H2,1H3. The highest BCUT2D eigenvalue weighted by molar-refractivity contribution is 5.96. The zero-order chi connectivity index (χ0) is 16.5. The van der Waals surface area contributed by atoms with Gasteiger partial charge in [-0.1, -0.05) is 12.1 Å². The van der Waals surface area contributed by atoms with Gasteiger partial charge in [-0.3, -0.25) is 4.79 Å².